The van der Waals surface area contributed by atoms with Gasteiger partial charge in [-0.2, -0.15) is 0 Å². The first-order valence-electron chi connectivity index (χ1n) is 10.3. The van der Waals surface area contributed by atoms with Crippen LogP contribution in [0.15, 0.2) is 42.5 Å². The predicted molar refractivity (Wildman–Crippen MR) is 116 cm³/mol. The highest BCUT2D eigenvalue weighted by Crippen LogP contribution is 2.54. The third kappa shape index (κ3) is 2.79. The Labute approximate surface area is 189 Å². The van der Waals surface area contributed by atoms with Gasteiger partial charge < -0.3 is 11.1 Å². The molecule has 3 aliphatic rings. The number of carbonyl (C=O) groups excluding carboxylic acids is 4. The van der Waals surface area contributed by atoms with Gasteiger partial charge in [0.2, 0.25) is 23.6 Å². The van der Waals surface area contributed by atoms with Crippen LogP contribution in [-0.4, -0.2) is 34.6 Å². The molecule has 0 saturated carbocycles. The van der Waals surface area contributed by atoms with Gasteiger partial charge in [0.05, 0.1) is 29.1 Å². The summed E-state index contributed by atoms with van der Waals surface area (Å²) in [5.74, 6) is -3.87. The Kier molecular flexibility index (Phi) is 4.61. The number of likely N-dealkylation sites (tertiary alicyclic amines) is 1. The Hall–Kier alpha value is -3.23. The highest BCUT2D eigenvalue weighted by Gasteiger charge is 2.70. The van der Waals surface area contributed by atoms with Crippen LogP contribution in [-0.2, 0) is 31.3 Å². The van der Waals surface area contributed by atoms with E-state index in [9.17, 15) is 19.2 Å². The zero-order valence-electron chi connectivity index (χ0n) is 17.2. The van der Waals surface area contributed by atoms with Gasteiger partial charge in [0.1, 0.15) is 5.54 Å². The number of rotatable bonds is 4. The molecule has 1 spiro atoms. The molecule has 0 unspecified atom stereocenters. The number of benzene rings is 2. The van der Waals surface area contributed by atoms with Crippen molar-refractivity contribution in [3.8, 4) is 0 Å². The maximum Gasteiger partial charge on any atom is 0.250 e. The number of carbonyl (C=O) groups is 4. The Morgan fingerprint density at radius 3 is 2.56 bits per heavy atom. The minimum atomic E-state index is -1.51. The van der Waals surface area contributed by atoms with Gasteiger partial charge in [0.15, 0.2) is 0 Å². The van der Waals surface area contributed by atoms with Crippen molar-refractivity contribution in [3.05, 3.63) is 64.2 Å². The van der Waals surface area contributed by atoms with Gasteiger partial charge in [-0.3, -0.25) is 29.4 Å². The normalized spacial score (nSPS) is 28.2. The fourth-order valence-corrected chi connectivity index (χ4v) is 5.69. The van der Waals surface area contributed by atoms with Crippen LogP contribution in [0.25, 0.3) is 0 Å². The third-order valence-corrected chi connectivity index (χ3v) is 6.91. The van der Waals surface area contributed by atoms with Crippen molar-refractivity contribution < 1.29 is 19.2 Å². The molecule has 2 fully saturated rings. The van der Waals surface area contributed by atoms with Crippen molar-refractivity contribution in [1.29, 1.82) is 0 Å². The van der Waals surface area contributed by atoms with Gasteiger partial charge in [-0.25, -0.2) is 0 Å². The minimum Gasteiger partial charge on any atom is -0.370 e. The van der Waals surface area contributed by atoms with Crippen LogP contribution in [0, 0.1) is 18.8 Å². The van der Waals surface area contributed by atoms with Crippen LogP contribution >= 0.6 is 11.6 Å². The number of anilines is 1. The van der Waals surface area contributed by atoms with E-state index >= 15 is 0 Å². The molecule has 2 aromatic rings. The summed E-state index contributed by atoms with van der Waals surface area (Å²) in [6.07, 6.45) is -0.177. The smallest absolute Gasteiger partial charge is 0.250 e. The third-order valence-electron chi connectivity index (χ3n) is 6.62. The lowest BCUT2D eigenvalue weighted by molar-refractivity contribution is -0.143. The molecule has 4 amide bonds. The zero-order valence-corrected chi connectivity index (χ0v) is 18.0. The van der Waals surface area contributed by atoms with Gasteiger partial charge in [0, 0.05) is 18.0 Å². The molecule has 0 aliphatic carbocycles. The molecular formula is C23H21ClN4O4. The van der Waals surface area contributed by atoms with E-state index in [1.165, 1.54) is 4.90 Å². The second kappa shape index (κ2) is 7.15. The number of nitrogens with two attached hydrogens (primary N) is 1. The van der Waals surface area contributed by atoms with Crippen molar-refractivity contribution in [2.24, 2.45) is 17.6 Å². The molecule has 4 N–H and O–H groups in total. The number of amides is 4. The highest BCUT2D eigenvalue weighted by molar-refractivity contribution is 6.35. The standard InChI is InChI=1S/C23H21ClN4O4/c1-11-7-13-19(14(24)8-11)26-22(32)23(13)18-17(15(27-23)9-16(25)29)20(30)28(21(18)31)10-12-5-3-2-4-6-12/h2-8,15,17-18,27H,9-10H2,1H3,(H2,25,29)(H,26,32)/t15-,17+,18+,23+/m0/s1. The number of imide groups is 1. The molecule has 2 aromatic carbocycles. The molecule has 3 aliphatic heterocycles. The second-order valence-electron chi connectivity index (χ2n) is 8.60. The number of hydrogen-bond donors (Lipinski definition) is 3. The maximum absolute atomic E-state index is 13.7. The topological polar surface area (TPSA) is 122 Å². The van der Waals surface area contributed by atoms with Crippen LogP contribution < -0.4 is 16.4 Å². The van der Waals surface area contributed by atoms with Gasteiger partial charge in [-0.15, -0.1) is 0 Å². The summed E-state index contributed by atoms with van der Waals surface area (Å²) >= 11 is 6.39. The Bertz CT molecular complexity index is 1180. The molecule has 2 saturated heterocycles. The molecule has 32 heavy (non-hydrogen) atoms. The lowest BCUT2D eigenvalue weighted by Gasteiger charge is -2.29. The number of nitrogens with one attached hydrogen (secondary N) is 2. The lowest BCUT2D eigenvalue weighted by atomic mass is 9.76. The summed E-state index contributed by atoms with van der Waals surface area (Å²) in [6.45, 7) is 1.92. The van der Waals surface area contributed by atoms with Crippen LogP contribution in [0.3, 0.4) is 0 Å². The van der Waals surface area contributed by atoms with Crippen molar-refractivity contribution in [2.75, 3.05) is 5.32 Å². The zero-order chi connectivity index (χ0) is 22.8. The first-order valence-corrected chi connectivity index (χ1v) is 10.7. The molecule has 4 atom stereocenters. The minimum absolute atomic E-state index is 0.0912. The second-order valence-corrected chi connectivity index (χ2v) is 9.01. The van der Waals surface area contributed by atoms with Crippen molar-refractivity contribution >= 4 is 40.9 Å². The van der Waals surface area contributed by atoms with E-state index in [4.69, 9.17) is 17.3 Å². The van der Waals surface area contributed by atoms with E-state index in [0.29, 0.717) is 16.3 Å². The number of primary amides is 1. The van der Waals surface area contributed by atoms with Crippen molar-refractivity contribution in [2.45, 2.75) is 31.5 Å². The van der Waals surface area contributed by atoms with E-state index in [0.717, 1.165) is 11.1 Å². The number of hydrogen-bond acceptors (Lipinski definition) is 5. The molecule has 0 radical (unpaired) electrons. The Morgan fingerprint density at radius 1 is 1.16 bits per heavy atom. The highest BCUT2D eigenvalue weighted by atomic mass is 35.5. The number of aryl methyl sites for hydroxylation is 1. The Morgan fingerprint density at radius 2 is 1.88 bits per heavy atom. The fourth-order valence-electron chi connectivity index (χ4n) is 5.37. The van der Waals surface area contributed by atoms with Gasteiger partial charge >= 0.3 is 0 Å². The molecule has 9 heteroatoms. The fraction of sp³-hybridized carbons (Fsp3) is 0.304. The van der Waals surface area contributed by atoms with Crippen molar-refractivity contribution in [3.63, 3.8) is 0 Å². The molecular weight excluding hydrogens is 432 g/mol. The Balaban J connectivity index is 1.64. The summed E-state index contributed by atoms with van der Waals surface area (Å²) < 4.78 is 0. The van der Waals surface area contributed by atoms with E-state index in [-0.39, 0.29) is 13.0 Å². The van der Waals surface area contributed by atoms with E-state index in [1.54, 1.807) is 12.1 Å². The molecule has 8 nitrogen and oxygen atoms in total. The predicted octanol–water partition coefficient (Wildman–Crippen LogP) is 1.44. The molecule has 5 rings (SSSR count). The quantitative estimate of drug-likeness (QED) is 0.606. The average Bonchev–Trinajstić information content (AvgIpc) is 3.30. The molecule has 0 bridgehead atoms. The van der Waals surface area contributed by atoms with Crippen LogP contribution in [0.5, 0.6) is 0 Å². The number of fused-ring (bicyclic) bond motifs is 4. The van der Waals surface area contributed by atoms with Gasteiger partial charge in [0.25, 0.3) is 0 Å². The summed E-state index contributed by atoms with van der Waals surface area (Å²) in [4.78, 5) is 53.5. The maximum atomic E-state index is 13.7. The lowest BCUT2D eigenvalue weighted by Crippen LogP contribution is -2.53. The summed E-state index contributed by atoms with van der Waals surface area (Å²) in [7, 11) is 0. The van der Waals surface area contributed by atoms with E-state index in [1.807, 2.05) is 37.3 Å². The average molecular weight is 453 g/mol. The van der Waals surface area contributed by atoms with E-state index in [2.05, 4.69) is 10.6 Å². The monoisotopic (exact) mass is 452 g/mol. The van der Waals surface area contributed by atoms with Gasteiger partial charge in [-0.1, -0.05) is 48.0 Å². The molecule has 0 aromatic heterocycles. The summed E-state index contributed by atoms with van der Waals surface area (Å²) in [6, 6.07) is 11.9. The van der Waals surface area contributed by atoms with E-state index < -0.39 is 47.0 Å². The molecule has 3 heterocycles. The van der Waals surface area contributed by atoms with Crippen LogP contribution in [0.4, 0.5) is 5.69 Å². The number of nitrogens with zero attached hydrogens (tertiary/aromatic N) is 1. The van der Waals surface area contributed by atoms with Crippen molar-refractivity contribution in [1.82, 2.24) is 10.2 Å². The van der Waals surface area contributed by atoms with Gasteiger partial charge in [-0.05, 0) is 24.1 Å². The first-order chi connectivity index (χ1) is 15.2. The SMILES string of the molecule is Cc1cc(Cl)c2c(c1)[C@]1(N[C@@H](CC(N)=O)[C@H]3C(=O)N(Cc4ccccc4)C(=O)[C@@H]31)C(=O)N2. The summed E-state index contributed by atoms with van der Waals surface area (Å²) in [5, 5.41) is 6.29. The largest absolute Gasteiger partial charge is 0.370 e. The van der Waals surface area contributed by atoms with Crippen LogP contribution in [0.1, 0.15) is 23.1 Å². The first kappa shape index (κ1) is 20.7. The summed E-state index contributed by atoms with van der Waals surface area (Å²) in [5.41, 5.74) is 6.46. The molecule has 164 valence electrons. The number of halogens is 1. The van der Waals surface area contributed by atoms with Crippen LogP contribution in [0.2, 0.25) is 5.02 Å².